The van der Waals surface area contributed by atoms with E-state index in [0.29, 0.717) is 6.42 Å². The highest BCUT2D eigenvalue weighted by atomic mass is 19.2. The molecule has 0 radical (unpaired) electrons. The van der Waals surface area contributed by atoms with Crippen LogP contribution in [0.3, 0.4) is 0 Å². The van der Waals surface area contributed by atoms with Crippen molar-refractivity contribution in [3.8, 4) is 0 Å². The minimum atomic E-state index is -1.48. The van der Waals surface area contributed by atoms with Gasteiger partial charge in [0.2, 0.25) is 0 Å². The summed E-state index contributed by atoms with van der Waals surface area (Å²) in [7, 11) is 0. The molecule has 0 amide bonds. The first-order chi connectivity index (χ1) is 8.58. The van der Waals surface area contributed by atoms with Crippen LogP contribution in [0, 0.1) is 17.5 Å². The lowest BCUT2D eigenvalue weighted by Crippen LogP contribution is -2.14. The second-order valence-corrected chi connectivity index (χ2v) is 3.96. The van der Waals surface area contributed by atoms with Crippen LogP contribution in [0.5, 0.6) is 0 Å². The molecular formula is C13H11F3N2. The van der Waals surface area contributed by atoms with Gasteiger partial charge in [0.15, 0.2) is 17.5 Å². The van der Waals surface area contributed by atoms with Crippen LogP contribution in [0.2, 0.25) is 0 Å². The molecule has 1 aromatic carbocycles. The normalized spacial score (nSPS) is 12.4. The first-order valence-corrected chi connectivity index (χ1v) is 5.37. The molecule has 1 unspecified atom stereocenters. The Morgan fingerprint density at radius 1 is 1.06 bits per heavy atom. The predicted molar refractivity (Wildman–Crippen MR) is 61.2 cm³/mol. The molecule has 2 nitrogen and oxygen atoms in total. The minimum absolute atomic E-state index is 0.225. The summed E-state index contributed by atoms with van der Waals surface area (Å²) >= 11 is 0. The molecule has 0 aliphatic heterocycles. The summed E-state index contributed by atoms with van der Waals surface area (Å²) in [6.07, 6.45) is 3.61. The number of nitrogens with zero attached hydrogens (tertiary/aromatic N) is 1. The summed E-state index contributed by atoms with van der Waals surface area (Å²) in [5.74, 6) is -3.93. The third-order valence-corrected chi connectivity index (χ3v) is 2.64. The van der Waals surface area contributed by atoms with Gasteiger partial charge in [0.05, 0.1) is 0 Å². The van der Waals surface area contributed by atoms with Crippen LogP contribution in [0.25, 0.3) is 0 Å². The van der Waals surface area contributed by atoms with E-state index in [4.69, 9.17) is 5.73 Å². The van der Waals surface area contributed by atoms with Crippen LogP contribution >= 0.6 is 0 Å². The van der Waals surface area contributed by atoms with E-state index in [-0.39, 0.29) is 5.56 Å². The van der Waals surface area contributed by atoms with E-state index in [9.17, 15) is 13.2 Å². The third-order valence-electron chi connectivity index (χ3n) is 2.64. The van der Waals surface area contributed by atoms with Gasteiger partial charge in [-0.2, -0.15) is 0 Å². The number of pyridine rings is 1. The van der Waals surface area contributed by atoms with Crippen molar-refractivity contribution in [1.82, 2.24) is 4.98 Å². The molecular weight excluding hydrogens is 241 g/mol. The standard InChI is InChI=1S/C13H11F3N2/c14-10-6-9(7-11(15)13(10)16)12(17)5-8-1-3-18-4-2-8/h1-4,6-7,12H,5,17H2. The molecule has 18 heavy (non-hydrogen) atoms. The summed E-state index contributed by atoms with van der Waals surface area (Å²) < 4.78 is 38.9. The van der Waals surface area contributed by atoms with Gasteiger partial charge in [0.25, 0.3) is 0 Å². The minimum Gasteiger partial charge on any atom is -0.324 e. The number of benzene rings is 1. The van der Waals surface area contributed by atoms with E-state index in [1.165, 1.54) is 0 Å². The smallest absolute Gasteiger partial charge is 0.194 e. The van der Waals surface area contributed by atoms with Gasteiger partial charge in [0, 0.05) is 18.4 Å². The largest absolute Gasteiger partial charge is 0.324 e. The first-order valence-electron chi connectivity index (χ1n) is 5.37. The van der Waals surface area contributed by atoms with Crippen LogP contribution in [0.15, 0.2) is 36.7 Å². The van der Waals surface area contributed by atoms with E-state index in [1.807, 2.05) is 0 Å². The zero-order valence-electron chi connectivity index (χ0n) is 9.41. The average Bonchev–Trinajstić information content (AvgIpc) is 2.36. The summed E-state index contributed by atoms with van der Waals surface area (Å²) in [5, 5.41) is 0. The van der Waals surface area contributed by atoms with Crippen LogP contribution in [-0.4, -0.2) is 4.98 Å². The molecule has 2 aromatic rings. The molecule has 0 saturated heterocycles. The van der Waals surface area contributed by atoms with Crippen LogP contribution < -0.4 is 5.73 Å². The summed E-state index contributed by atoms with van der Waals surface area (Å²) in [6, 6.07) is 4.76. The van der Waals surface area contributed by atoms with Crippen molar-refractivity contribution in [1.29, 1.82) is 0 Å². The van der Waals surface area contributed by atoms with Crippen molar-refractivity contribution in [3.05, 3.63) is 65.2 Å². The number of hydrogen-bond acceptors (Lipinski definition) is 2. The molecule has 0 aliphatic rings. The number of hydrogen-bond donors (Lipinski definition) is 1. The van der Waals surface area contributed by atoms with E-state index in [1.54, 1.807) is 24.5 Å². The maximum absolute atomic E-state index is 13.1. The van der Waals surface area contributed by atoms with Crippen molar-refractivity contribution in [2.45, 2.75) is 12.5 Å². The molecule has 0 aliphatic carbocycles. The second-order valence-electron chi connectivity index (χ2n) is 3.96. The maximum atomic E-state index is 13.1. The number of aromatic nitrogens is 1. The van der Waals surface area contributed by atoms with Crippen LogP contribution in [0.4, 0.5) is 13.2 Å². The molecule has 1 aromatic heterocycles. The Balaban J connectivity index is 2.22. The van der Waals surface area contributed by atoms with Gasteiger partial charge in [-0.3, -0.25) is 4.98 Å². The number of halogens is 3. The van der Waals surface area contributed by atoms with Gasteiger partial charge in [-0.15, -0.1) is 0 Å². The number of rotatable bonds is 3. The van der Waals surface area contributed by atoms with Crippen molar-refractivity contribution < 1.29 is 13.2 Å². The Morgan fingerprint density at radius 2 is 1.61 bits per heavy atom. The Labute approximate surface area is 102 Å². The topological polar surface area (TPSA) is 38.9 Å². The third kappa shape index (κ3) is 2.68. The summed E-state index contributed by atoms with van der Waals surface area (Å²) in [4.78, 5) is 3.85. The van der Waals surface area contributed by atoms with Gasteiger partial charge in [-0.25, -0.2) is 13.2 Å². The van der Waals surface area contributed by atoms with Crippen molar-refractivity contribution in [2.75, 3.05) is 0 Å². The maximum Gasteiger partial charge on any atom is 0.194 e. The molecule has 94 valence electrons. The Kier molecular flexibility index (Phi) is 3.62. The van der Waals surface area contributed by atoms with Gasteiger partial charge < -0.3 is 5.73 Å². The fourth-order valence-electron chi connectivity index (χ4n) is 1.68. The fourth-order valence-corrected chi connectivity index (χ4v) is 1.68. The molecule has 2 rings (SSSR count). The molecule has 1 atom stereocenters. The van der Waals surface area contributed by atoms with Crippen LogP contribution in [0.1, 0.15) is 17.2 Å². The van der Waals surface area contributed by atoms with E-state index >= 15 is 0 Å². The van der Waals surface area contributed by atoms with E-state index in [0.717, 1.165) is 17.7 Å². The SMILES string of the molecule is NC(Cc1ccncc1)c1cc(F)c(F)c(F)c1. The summed E-state index contributed by atoms with van der Waals surface area (Å²) in [5.41, 5.74) is 6.96. The zero-order chi connectivity index (χ0) is 13.1. The first kappa shape index (κ1) is 12.6. The zero-order valence-corrected chi connectivity index (χ0v) is 9.41. The molecule has 0 fully saturated rings. The van der Waals surface area contributed by atoms with Gasteiger partial charge >= 0.3 is 0 Å². The molecule has 5 heteroatoms. The number of nitrogens with two attached hydrogens (primary N) is 1. The lowest BCUT2D eigenvalue weighted by Gasteiger charge is -2.12. The van der Waals surface area contributed by atoms with Gasteiger partial charge in [-0.05, 0) is 41.8 Å². The second kappa shape index (κ2) is 5.18. The quantitative estimate of drug-likeness (QED) is 0.853. The van der Waals surface area contributed by atoms with Crippen LogP contribution in [-0.2, 0) is 6.42 Å². The lowest BCUT2D eigenvalue weighted by atomic mass is 10.00. The molecule has 1 heterocycles. The molecule has 0 bridgehead atoms. The van der Waals surface area contributed by atoms with Gasteiger partial charge in [0.1, 0.15) is 0 Å². The Bertz CT molecular complexity index is 520. The molecule has 0 saturated carbocycles. The monoisotopic (exact) mass is 252 g/mol. The van der Waals surface area contributed by atoms with Gasteiger partial charge in [-0.1, -0.05) is 0 Å². The summed E-state index contributed by atoms with van der Waals surface area (Å²) in [6.45, 7) is 0. The van der Waals surface area contributed by atoms with Crippen molar-refractivity contribution in [3.63, 3.8) is 0 Å². The highest BCUT2D eigenvalue weighted by Crippen LogP contribution is 2.20. The Morgan fingerprint density at radius 3 is 2.17 bits per heavy atom. The molecule has 0 spiro atoms. The van der Waals surface area contributed by atoms with Crippen molar-refractivity contribution >= 4 is 0 Å². The van der Waals surface area contributed by atoms with E-state index < -0.39 is 23.5 Å². The predicted octanol–water partition coefficient (Wildman–Crippen LogP) is 2.74. The van der Waals surface area contributed by atoms with Crippen molar-refractivity contribution in [2.24, 2.45) is 5.73 Å². The lowest BCUT2D eigenvalue weighted by molar-refractivity contribution is 0.443. The highest BCUT2D eigenvalue weighted by Gasteiger charge is 2.15. The fraction of sp³-hybridized carbons (Fsp3) is 0.154. The Hall–Kier alpha value is -1.88. The highest BCUT2D eigenvalue weighted by molar-refractivity contribution is 5.24. The van der Waals surface area contributed by atoms with E-state index in [2.05, 4.69) is 4.98 Å². The average molecular weight is 252 g/mol. The molecule has 2 N–H and O–H groups in total.